The first kappa shape index (κ1) is 15.8. The van der Waals surface area contributed by atoms with Crippen molar-refractivity contribution in [3.63, 3.8) is 0 Å². The van der Waals surface area contributed by atoms with Gasteiger partial charge < -0.3 is 4.74 Å². The number of aliphatic imine (C=N–C) groups is 1. The molecular weight excluding hydrogens is 336 g/mol. The van der Waals surface area contributed by atoms with Gasteiger partial charge in [0, 0.05) is 5.56 Å². The Morgan fingerprint density at radius 2 is 1.74 bits per heavy atom. The molecular formula is C22H18N4O. The number of hydrogen-bond donors (Lipinski definition) is 0. The van der Waals surface area contributed by atoms with Crippen LogP contribution >= 0.6 is 0 Å². The van der Waals surface area contributed by atoms with E-state index in [9.17, 15) is 0 Å². The summed E-state index contributed by atoms with van der Waals surface area (Å²) in [5, 5.41) is 6.65. The number of nitrogens with zero attached hydrogens (tertiary/aromatic N) is 4. The molecule has 2 heterocycles. The van der Waals surface area contributed by atoms with Gasteiger partial charge in [0.2, 0.25) is 5.90 Å². The highest BCUT2D eigenvalue weighted by Gasteiger charge is 2.39. The molecule has 0 spiro atoms. The van der Waals surface area contributed by atoms with Crippen molar-refractivity contribution >= 4 is 16.7 Å². The molecule has 4 aromatic rings. The molecule has 5 nitrogen and oxygen atoms in total. The zero-order valence-electron chi connectivity index (χ0n) is 14.7. The van der Waals surface area contributed by atoms with Gasteiger partial charge in [0.25, 0.3) is 0 Å². The Balaban J connectivity index is 1.59. The summed E-state index contributed by atoms with van der Waals surface area (Å²) in [4.78, 5) is 9.11. The molecule has 0 amide bonds. The van der Waals surface area contributed by atoms with E-state index >= 15 is 0 Å². The Morgan fingerprint density at radius 1 is 0.926 bits per heavy atom. The highest BCUT2D eigenvalue weighted by atomic mass is 16.5. The van der Waals surface area contributed by atoms with Gasteiger partial charge in [-0.1, -0.05) is 60.7 Å². The first-order valence-electron chi connectivity index (χ1n) is 8.92. The summed E-state index contributed by atoms with van der Waals surface area (Å²) in [5.41, 5.74) is 1.58. The van der Waals surface area contributed by atoms with Crippen molar-refractivity contribution in [1.29, 1.82) is 0 Å². The molecule has 5 heteroatoms. The second kappa shape index (κ2) is 6.36. The molecule has 0 bridgehead atoms. The molecule has 1 atom stereocenters. The molecule has 1 unspecified atom stereocenters. The second-order valence-corrected chi connectivity index (χ2v) is 6.76. The predicted octanol–water partition coefficient (Wildman–Crippen LogP) is 3.80. The molecule has 3 aromatic carbocycles. The van der Waals surface area contributed by atoms with Gasteiger partial charge in [-0.05, 0) is 28.5 Å². The van der Waals surface area contributed by atoms with E-state index in [1.54, 1.807) is 12.7 Å². The van der Waals surface area contributed by atoms with Crippen molar-refractivity contribution in [3.8, 4) is 0 Å². The van der Waals surface area contributed by atoms with E-state index in [-0.39, 0.29) is 0 Å². The molecule has 27 heavy (non-hydrogen) atoms. The molecule has 132 valence electrons. The standard InChI is InChI=1S/C22H18N4O/c1-2-8-20(9-3-1)22(13-26-16-23-15-24-26)14-27-21(25-22)19-11-10-17-6-4-5-7-18(17)12-19/h1-12,15-16H,13-14H2. The van der Waals surface area contributed by atoms with Crippen molar-refractivity contribution in [2.75, 3.05) is 6.61 Å². The smallest absolute Gasteiger partial charge is 0.217 e. The minimum atomic E-state index is -0.518. The molecule has 1 aromatic heterocycles. The lowest BCUT2D eigenvalue weighted by molar-refractivity contribution is 0.230. The predicted molar refractivity (Wildman–Crippen MR) is 105 cm³/mol. The lowest BCUT2D eigenvalue weighted by Gasteiger charge is -2.24. The van der Waals surface area contributed by atoms with Gasteiger partial charge in [-0.25, -0.2) is 9.98 Å². The molecule has 0 radical (unpaired) electrons. The van der Waals surface area contributed by atoms with Gasteiger partial charge >= 0.3 is 0 Å². The Bertz CT molecular complexity index is 1110. The van der Waals surface area contributed by atoms with Gasteiger partial charge in [-0.2, -0.15) is 5.10 Å². The lowest BCUT2D eigenvalue weighted by atomic mass is 9.91. The van der Waals surface area contributed by atoms with Crippen molar-refractivity contribution in [2.45, 2.75) is 12.1 Å². The van der Waals surface area contributed by atoms with Crippen LogP contribution in [-0.2, 0) is 16.8 Å². The van der Waals surface area contributed by atoms with Crippen molar-refractivity contribution < 1.29 is 4.74 Å². The van der Waals surface area contributed by atoms with Crippen molar-refractivity contribution in [3.05, 3.63) is 96.6 Å². The largest absolute Gasteiger partial charge is 0.474 e. The molecule has 1 aliphatic rings. The number of hydrogen-bond acceptors (Lipinski definition) is 4. The summed E-state index contributed by atoms with van der Waals surface area (Å²) in [5.74, 6) is 0.671. The van der Waals surface area contributed by atoms with Crippen molar-refractivity contribution in [1.82, 2.24) is 14.8 Å². The Kier molecular flexibility index (Phi) is 3.71. The molecule has 0 N–H and O–H groups in total. The summed E-state index contributed by atoms with van der Waals surface area (Å²) in [6.45, 7) is 1.05. The Labute approximate surface area is 157 Å². The van der Waals surface area contributed by atoms with E-state index in [1.165, 1.54) is 10.8 Å². The lowest BCUT2D eigenvalue weighted by Crippen LogP contribution is -2.31. The third-order valence-corrected chi connectivity index (χ3v) is 4.96. The Morgan fingerprint density at radius 3 is 2.56 bits per heavy atom. The maximum Gasteiger partial charge on any atom is 0.217 e. The summed E-state index contributed by atoms with van der Waals surface area (Å²) < 4.78 is 7.90. The van der Waals surface area contributed by atoms with Gasteiger partial charge in [-0.15, -0.1) is 0 Å². The third kappa shape index (κ3) is 2.87. The minimum absolute atomic E-state index is 0.471. The van der Waals surface area contributed by atoms with Crippen LogP contribution in [0.25, 0.3) is 10.8 Å². The maximum atomic E-state index is 6.10. The fourth-order valence-corrected chi connectivity index (χ4v) is 3.57. The van der Waals surface area contributed by atoms with Crippen LogP contribution in [0.1, 0.15) is 11.1 Å². The summed E-state index contributed by atoms with van der Waals surface area (Å²) in [7, 11) is 0. The normalized spacial score (nSPS) is 19.0. The monoisotopic (exact) mass is 354 g/mol. The van der Waals surface area contributed by atoms with E-state index in [1.807, 2.05) is 35.0 Å². The zero-order chi connectivity index (χ0) is 18.1. The topological polar surface area (TPSA) is 52.3 Å². The van der Waals surface area contributed by atoms with Crippen LogP contribution in [0.4, 0.5) is 0 Å². The molecule has 0 saturated heterocycles. The second-order valence-electron chi connectivity index (χ2n) is 6.76. The van der Waals surface area contributed by atoms with E-state index in [0.29, 0.717) is 19.0 Å². The number of rotatable bonds is 4. The number of ether oxygens (including phenoxy) is 1. The highest BCUT2D eigenvalue weighted by Crippen LogP contribution is 2.34. The quantitative estimate of drug-likeness (QED) is 0.560. The summed E-state index contributed by atoms with van der Waals surface area (Å²) in [6, 6.07) is 24.9. The van der Waals surface area contributed by atoms with E-state index < -0.39 is 5.54 Å². The molecule has 5 rings (SSSR count). The van der Waals surface area contributed by atoms with Crippen LogP contribution in [-0.4, -0.2) is 27.3 Å². The summed E-state index contributed by atoms with van der Waals surface area (Å²) >= 11 is 0. The fraction of sp³-hybridized carbons (Fsp3) is 0.136. The van der Waals surface area contributed by atoms with Crippen LogP contribution in [0.3, 0.4) is 0 Å². The SMILES string of the molecule is c1ccc(C2(Cn3cncn3)COC(c3ccc4ccccc4c3)=N2)cc1. The van der Waals surface area contributed by atoms with Crippen molar-refractivity contribution in [2.24, 2.45) is 4.99 Å². The van der Waals surface area contributed by atoms with E-state index in [0.717, 1.165) is 11.1 Å². The number of fused-ring (bicyclic) bond motifs is 1. The first-order valence-corrected chi connectivity index (χ1v) is 8.92. The van der Waals surface area contributed by atoms with E-state index in [4.69, 9.17) is 9.73 Å². The molecule has 0 fully saturated rings. The first-order chi connectivity index (χ1) is 13.3. The third-order valence-electron chi connectivity index (χ3n) is 4.96. The highest BCUT2D eigenvalue weighted by molar-refractivity contribution is 5.99. The minimum Gasteiger partial charge on any atom is -0.474 e. The van der Waals surface area contributed by atoms with Crippen LogP contribution in [0.5, 0.6) is 0 Å². The van der Waals surface area contributed by atoms with Gasteiger partial charge in [-0.3, -0.25) is 4.68 Å². The fourth-order valence-electron chi connectivity index (χ4n) is 3.57. The molecule has 0 aliphatic carbocycles. The van der Waals surface area contributed by atoms with Crippen LogP contribution < -0.4 is 0 Å². The summed E-state index contributed by atoms with van der Waals surface area (Å²) in [6.07, 6.45) is 3.26. The Hall–Kier alpha value is -3.47. The van der Waals surface area contributed by atoms with Crippen LogP contribution in [0.2, 0.25) is 0 Å². The maximum absolute atomic E-state index is 6.10. The molecule has 0 saturated carbocycles. The zero-order valence-corrected chi connectivity index (χ0v) is 14.7. The average molecular weight is 354 g/mol. The van der Waals surface area contributed by atoms with E-state index in [2.05, 4.69) is 52.5 Å². The number of benzene rings is 3. The average Bonchev–Trinajstić information content (AvgIpc) is 3.39. The molecule has 1 aliphatic heterocycles. The van der Waals surface area contributed by atoms with Crippen LogP contribution in [0, 0.1) is 0 Å². The van der Waals surface area contributed by atoms with Gasteiger partial charge in [0.15, 0.2) is 0 Å². The number of aromatic nitrogens is 3. The van der Waals surface area contributed by atoms with Gasteiger partial charge in [0.1, 0.15) is 24.8 Å². The van der Waals surface area contributed by atoms with Gasteiger partial charge in [0.05, 0.1) is 6.54 Å². The van der Waals surface area contributed by atoms with Crippen LogP contribution in [0.15, 0.2) is 90.4 Å².